The summed E-state index contributed by atoms with van der Waals surface area (Å²) in [4.78, 5) is 39.6. The molecule has 0 aliphatic heterocycles. The van der Waals surface area contributed by atoms with Gasteiger partial charge in [0.2, 0.25) is 11.6 Å². The summed E-state index contributed by atoms with van der Waals surface area (Å²) in [5, 5.41) is 10.7. The fourth-order valence-electron chi connectivity index (χ4n) is 2.55. The van der Waals surface area contributed by atoms with Crippen LogP contribution in [0.1, 0.15) is 56.6 Å². The Bertz CT molecular complexity index is 810. The van der Waals surface area contributed by atoms with Crippen molar-refractivity contribution in [2.45, 2.75) is 26.2 Å². The summed E-state index contributed by atoms with van der Waals surface area (Å²) in [6, 6.07) is 2.91. The lowest BCUT2D eigenvalue weighted by Gasteiger charge is -2.16. The third-order valence-corrected chi connectivity index (χ3v) is 4.71. The first-order valence-corrected chi connectivity index (χ1v) is 7.71. The van der Waals surface area contributed by atoms with Crippen LogP contribution in [0.2, 0.25) is 0 Å². The summed E-state index contributed by atoms with van der Waals surface area (Å²) in [5.41, 5.74) is 1.30. The van der Waals surface area contributed by atoms with Crippen molar-refractivity contribution in [3.63, 3.8) is 0 Å². The second-order valence-corrected chi connectivity index (χ2v) is 6.07. The molecule has 0 saturated heterocycles. The zero-order valence-electron chi connectivity index (χ0n) is 11.8. The number of hydrogen-bond acceptors (Lipinski definition) is 6. The van der Waals surface area contributed by atoms with E-state index in [0.717, 1.165) is 29.7 Å². The predicted octanol–water partition coefficient (Wildman–Crippen LogP) is 3.17. The number of aryl methyl sites for hydroxylation is 1. The zero-order valence-corrected chi connectivity index (χ0v) is 12.6. The minimum atomic E-state index is -0.584. The van der Waals surface area contributed by atoms with E-state index in [2.05, 4.69) is 4.98 Å². The first kappa shape index (κ1) is 14.5. The molecule has 0 saturated carbocycles. The maximum absolute atomic E-state index is 12.7. The van der Waals surface area contributed by atoms with Gasteiger partial charge in [-0.05, 0) is 24.5 Å². The van der Waals surface area contributed by atoms with Crippen molar-refractivity contribution in [3.05, 3.63) is 55.7 Å². The monoisotopic (exact) mass is 316 g/mol. The van der Waals surface area contributed by atoms with E-state index in [1.165, 1.54) is 12.3 Å². The second kappa shape index (κ2) is 5.42. The van der Waals surface area contributed by atoms with Crippen LogP contribution < -0.4 is 0 Å². The Balaban J connectivity index is 2.16. The van der Waals surface area contributed by atoms with Crippen LogP contribution in [0.25, 0.3) is 0 Å². The van der Waals surface area contributed by atoms with Crippen LogP contribution >= 0.6 is 11.3 Å². The number of pyridine rings is 1. The normalized spacial score (nSPS) is 13.0. The van der Waals surface area contributed by atoms with Gasteiger partial charge in [0.1, 0.15) is 5.69 Å². The van der Waals surface area contributed by atoms with Crippen LogP contribution in [0.15, 0.2) is 18.3 Å². The number of rotatable bonds is 4. The molecule has 112 valence electrons. The van der Waals surface area contributed by atoms with Gasteiger partial charge in [-0.25, -0.2) is 0 Å². The standard InChI is InChI=1S/C15H12N2O4S/c1-2-3-4-8-5-6-16-12-11(8)14(19)15-9(13(12)18)7-10(22-15)17(20)21/h5-7H,2-4H2,1H3. The molecule has 0 spiro atoms. The van der Waals surface area contributed by atoms with Crippen LogP contribution in [0.4, 0.5) is 5.00 Å². The largest absolute Gasteiger partial charge is 0.325 e. The summed E-state index contributed by atoms with van der Waals surface area (Å²) in [7, 11) is 0. The maximum atomic E-state index is 12.7. The fraction of sp³-hybridized carbons (Fsp3) is 0.267. The Morgan fingerprint density at radius 2 is 2.09 bits per heavy atom. The molecule has 0 amide bonds. The number of fused-ring (bicyclic) bond motifs is 2. The van der Waals surface area contributed by atoms with Gasteiger partial charge < -0.3 is 0 Å². The van der Waals surface area contributed by atoms with Crippen molar-refractivity contribution >= 4 is 27.9 Å². The average molecular weight is 316 g/mol. The maximum Gasteiger partial charge on any atom is 0.325 e. The molecule has 2 aromatic heterocycles. The number of nitrogens with zero attached hydrogens (tertiary/aromatic N) is 2. The molecule has 0 N–H and O–H groups in total. The number of ketones is 2. The highest BCUT2D eigenvalue weighted by Gasteiger charge is 2.36. The van der Waals surface area contributed by atoms with Crippen molar-refractivity contribution in [3.8, 4) is 0 Å². The van der Waals surface area contributed by atoms with Gasteiger partial charge in [-0.1, -0.05) is 24.7 Å². The zero-order chi connectivity index (χ0) is 15.9. The smallest absolute Gasteiger partial charge is 0.288 e. The summed E-state index contributed by atoms with van der Waals surface area (Å²) in [6.07, 6.45) is 4.06. The second-order valence-electron chi connectivity index (χ2n) is 5.04. The van der Waals surface area contributed by atoms with Crippen LogP contribution in [0.3, 0.4) is 0 Å². The van der Waals surface area contributed by atoms with Crippen LogP contribution in [-0.2, 0) is 6.42 Å². The molecule has 0 bridgehead atoms. The third kappa shape index (κ3) is 2.14. The van der Waals surface area contributed by atoms with E-state index in [-0.39, 0.29) is 26.9 Å². The van der Waals surface area contributed by atoms with Crippen molar-refractivity contribution in [2.24, 2.45) is 0 Å². The molecule has 0 unspecified atom stereocenters. The van der Waals surface area contributed by atoms with E-state index in [1.54, 1.807) is 6.07 Å². The van der Waals surface area contributed by atoms with Gasteiger partial charge in [0.25, 0.3) is 0 Å². The number of thiophene rings is 1. The van der Waals surface area contributed by atoms with Crippen LogP contribution in [0.5, 0.6) is 0 Å². The molecule has 0 radical (unpaired) electrons. The van der Waals surface area contributed by atoms with E-state index in [0.29, 0.717) is 12.0 Å². The highest BCUT2D eigenvalue weighted by atomic mass is 32.1. The minimum absolute atomic E-state index is 0.0920. The Morgan fingerprint density at radius 1 is 1.32 bits per heavy atom. The quantitative estimate of drug-likeness (QED) is 0.544. The molecular weight excluding hydrogens is 304 g/mol. The van der Waals surface area contributed by atoms with Crippen LogP contribution in [0, 0.1) is 10.1 Å². The van der Waals surface area contributed by atoms with E-state index < -0.39 is 10.7 Å². The highest BCUT2D eigenvalue weighted by molar-refractivity contribution is 7.17. The predicted molar refractivity (Wildman–Crippen MR) is 80.7 cm³/mol. The Labute approximate surface area is 130 Å². The molecule has 2 aromatic rings. The first-order valence-electron chi connectivity index (χ1n) is 6.90. The van der Waals surface area contributed by atoms with E-state index in [4.69, 9.17) is 0 Å². The SMILES string of the molecule is CCCCc1ccnc2c1C(=O)c1sc([N+](=O)[O-])cc1C2=O. The Hall–Kier alpha value is -2.41. The van der Waals surface area contributed by atoms with Gasteiger partial charge in [-0.15, -0.1) is 0 Å². The summed E-state index contributed by atoms with van der Waals surface area (Å²) in [6.45, 7) is 2.04. The Morgan fingerprint density at radius 3 is 2.77 bits per heavy atom. The molecule has 1 aliphatic rings. The van der Waals surface area contributed by atoms with Gasteiger partial charge in [-0.2, -0.15) is 0 Å². The van der Waals surface area contributed by atoms with Crippen molar-refractivity contribution < 1.29 is 14.5 Å². The first-order chi connectivity index (χ1) is 10.5. The fourth-order valence-corrected chi connectivity index (χ4v) is 3.47. The molecule has 6 nitrogen and oxygen atoms in total. The lowest BCUT2D eigenvalue weighted by Crippen LogP contribution is -2.22. The van der Waals surface area contributed by atoms with Crippen molar-refractivity contribution in [1.82, 2.24) is 4.98 Å². The van der Waals surface area contributed by atoms with Gasteiger partial charge in [0.15, 0.2) is 0 Å². The number of carbonyl (C=O) groups excluding carboxylic acids is 2. The van der Waals surface area contributed by atoms with E-state index in [9.17, 15) is 19.7 Å². The molecule has 0 aromatic carbocycles. The molecule has 2 heterocycles. The number of carbonyl (C=O) groups is 2. The van der Waals surface area contributed by atoms with Crippen molar-refractivity contribution in [1.29, 1.82) is 0 Å². The summed E-state index contributed by atoms with van der Waals surface area (Å²) in [5.74, 6) is -0.741. The van der Waals surface area contributed by atoms with Gasteiger partial charge in [-0.3, -0.25) is 24.7 Å². The minimum Gasteiger partial charge on any atom is -0.288 e. The molecule has 3 rings (SSSR count). The third-order valence-electron chi connectivity index (χ3n) is 3.63. The van der Waals surface area contributed by atoms with Crippen LogP contribution in [-0.4, -0.2) is 21.5 Å². The van der Waals surface area contributed by atoms with Gasteiger partial charge in [0.05, 0.1) is 20.9 Å². The topological polar surface area (TPSA) is 90.2 Å². The molecule has 7 heteroatoms. The molecular formula is C15H12N2O4S. The number of hydrogen-bond donors (Lipinski definition) is 0. The average Bonchev–Trinajstić information content (AvgIpc) is 2.96. The molecule has 0 atom stereocenters. The molecule has 1 aliphatic carbocycles. The van der Waals surface area contributed by atoms with Crippen molar-refractivity contribution in [2.75, 3.05) is 0 Å². The van der Waals surface area contributed by atoms with E-state index in [1.807, 2.05) is 6.92 Å². The summed E-state index contributed by atoms with van der Waals surface area (Å²) >= 11 is 0.754. The lowest BCUT2D eigenvalue weighted by atomic mass is 9.88. The highest BCUT2D eigenvalue weighted by Crippen LogP contribution is 2.37. The summed E-state index contributed by atoms with van der Waals surface area (Å²) < 4.78 is 0. The molecule has 22 heavy (non-hydrogen) atoms. The number of unbranched alkanes of at least 4 members (excludes halogenated alkanes) is 1. The van der Waals surface area contributed by atoms with Gasteiger partial charge >= 0.3 is 5.00 Å². The molecule has 0 fully saturated rings. The van der Waals surface area contributed by atoms with E-state index >= 15 is 0 Å². The number of nitro groups is 1. The number of aromatic nitrogens is 1. The Kier molecular flexibility index (Phi) is 3.58. The van der Waals surface area contributed by atoms with Gasteiger partial charge in [0, 0.05) is 12.3 Å². The lowest BCUT2D eigenvalue weighted by molar-refractivity contribution is -0.380.